The van der Waals surface area contributed by atoms with E-state index in [1.165, 1.54) is 18.5 Å². The second-order valence-corrected chi connectivity index (χ2v) is 11.4. The Hall–Kier alpha value is -4.16. The fourth-order valence-electron chi connectivity index (χ4n) is 5.83. The number of pyridine rings is 1. The highest BCUT2D eigenvalue weighted by atomic mass is 19.4. The molecule has 0 spiro atoms. The van der Waals surface area contributed by atoms with Crippen molar-refractivity contribution >= 4 is 11.1 Å². The molecule has 0 aliphatic heterocycles. The monoisotopic (exact) mass is 592 g/mol. The maximum atomic E-state index is 14.4. The molecule has 8 nitrogen and oxygen atoms in total. The van der Waals surface area contributed by atoms with Crippen LogP contribution in [0.2, 0.25) is 0 Å². The van der Waals surface area contributed by atoms with Crippen molar-refractivity contribution in [3.63, 3.8) is 0 Å². The fraction of sp³-hybridized carbons (Fsp3) is 0.355. The van der Waals surface area contributed by atoms with Gasteiger partial charge in [0.15, 0.2) is 11.4 Å². The number of hydrogen-bond donors (Lipinski definition) is 2. The Balaban J connectivity index is 1.33. The van der Waals surface area contributed by atoms with E-state index in [2.05, 4.69) is 20.5 Å². The van der Waals surface area contributed by atoms with E-state index in [1.807, 2.05) is 6.07 Å². The van der Waals surface area contributed by atoms with Crippen LogP contribution in [-0.4, -0.2) is 42.0 Å². The molecular formula is C31H28F4N6O2. The lowest BCUT2D eigenvalue weighted by atomic mass is 9.97. The van der Waals surface area contributed by atoms with E-state index >= 15 is 0 Å². The molecule has 0 amide bonds. The summed E-state index contributed by atoms with van der Waals surface area (Å²) in [5, 5.41) is 21.4. The summed E-state index contributed by atoms with van der Waals surface area (Å²) >= 11 is 0. The van der Waals surface area contributed by atoms with E-state index < -0.39 is 23.7 Å². The number of aryl methyl sites for hydroxylation is 1. The van der Waals surface area contributed by atoms with Crippen LogP contribution in [0.3, 0.4) is 0 Å². The smallest absolute Gasteiger partial charge is 0.420 e. The Morgan fingerprint density at radius 3 is 2.56 bits per heavy atom. The van der Waals surface area contributed by atoms with Gasteiger partial charge >= 0.3 is 6.18 Å². The third kappa shape index (κ3) is 5.40. The molecule has 3 heterocycles. The summed E-state index contributed by atoms with van der Waals surface area (Å²) in [5.41, 5.74) is 2.07. The summed E-state index contributed by atoms with van der Waals surface area (Å²) in [5.74, 6) is 0.188. The van der Waals surface area contributed by atoms with Crippen molar-refractivity contribution in [2.24, 2.45) is 7.05 Å². The zero-order chi connectivity index (χ0) is 29.9. The zero-order valence-corrected chi connectivity index (χ0v) is 23.2. The van der Waals surface area contributed by atoms with Crippen LogP contribution in [-0.2, 0) is 19.8 Å². The molecule has 2 aliphatic carbocycles. The average molecular weight is 593 g/mol. The molecule has 2 aromatic carbocycles. The molecule has 2 atom stereocenters. The van der Waals surface area contributed by atoms with Gasteiger partial charge in [0.25, 0.3) is 0 Å². The molecule has 222 valence electrons. The Morgan fingerprint density at radius 2 is 1.86 bits per heavy atom. The fourth-order valence-corrected chi connectivity index (χ4v) is 5.83. The van der Waals surface area contributed by atoms with E-state index in [-0.39, 0.29) is 41.2 Å². The number of nitrogens with one attached hydrogen (secondary N) is 1. The van der Waals surface area contributed by atoms with Crippen LogP contribution in [0.5, 0.6) is 0 Å². The van der Waals surface area contributed by atoms with Crippen LogP contribution in [0.4, 0.5) is 17.6 Å². The van der Waals surface area contributed by atoms with Gasteiger partial charge in [-0.2, -0.15) is 13.2 Å². The molecule has 0 radical (unpaired) electrons. The molecule has 7 rings (SSSR count). The number of alkyl halides is 3. The lowest BCUT2D eigenvalue weighted by Crippen LogP contribution is -2.35. The van der Waals surface area contributed by atoms with Crippen LogP contribution in [0.15, 0.2) is 53.2 Å². The highest BCUT2D eigenvalue weighted by Gasteiger charge is 2.36. The molecule has 3 aromatic heterocycles. The summed E-state index contributed by atoms with van der Waals surface area (Å²) in [4.78, 5) is 9.22. The van der Waals surface area contributed by atoms with Crippen molar-refractivity contribution in [1.29, 1.82) is 0 Å². The second-order valence-electron chi connectivity index (χ2n) is 11.4. The van der Waals surface area contributed by atoms with Gasteiger partial charge in [-0.1, -0.05) is 6.07 Å². The third-order valence-electron chi connectivity index (χ3n) is 8.21. The molecule has 2 saturated carbocycles. The first kappa shape index (κ1) is 27.7. The van der Waals surface area contributed by atoms with E-state index in [0.29, 0.717) is 34.5 Å². The Morgan fingerprint density at radius 1 is 1.02 bits per heavy atom. The topological polar surface area (TPSA) is 102 Å². The van der Waals surface area contributed by atoms with Crippen molar-refractivity contribution in [2.75, 3.05) is 0 Å². The largest absolute Gasteiger partial charge is 0.434 e. The standard InChI is InChI=1S/C31H28F4N6O2/c1-41-15-37-40-29(41)21-13-19(32)7-8-20(21)18-11-24(17-5-6-17)38-26(12-18)30-39-25-10-16(14-36-23-3-2-4-27(23)42)9-22(28(25)43-30)31(33,34)35/h7-13,15,17,23,27,36,42H,2-6,14H2,1H3/t23-,27+/m1/s1. The first-order chi connectivity index (χ1) is 20.6. The summed E-state index contributed by atoms with van der Waals surface area (Å²) in [7, 11) is 1.76. The van der Waals surface area contributed by atoms with Gasteiger partial charge in [-0.25, -0.2) is 14.4 Å². The minimum atomic E-state index is -4.68. The second kappa shape index (κ2) is 10.5. The number of oxazole rings is 1. The first-order valence-electron chi connectivity index (χ1n) is 14.2. The van der Waals surface area contributed by atoms with E-state index in [0.717, 1.165) is 37.4 Å². The predicted octanol–water partition coefficient (Wildman–Crippen LogP) is 6.39. The van der Waals surface area contributed by atoms with Crippen molar-refractivity contribution in [3.8, 4) is 34.1 Å². The Labute approximate surface area is 243 Å². The van der Waals surface area contributed by atoms with Crippen molar-refractivity contribution < 1.29 is 27.1 Å². The van der Waals surface area contributed by atoms with Gasteiger partial charge in [0.1, 0.15) is 28.9 Å². The number of aromatic nitrogens is 5. The van der Waals surface area contributed by atoms with E-state index in [9.17, 15) is 22.7 Å². The Bertz CT molecular complexity index is 1830. The molecular weight excluding hydrogens is 564 g/mol. The first-order valence-corrected chi connectivity index (χ1v) is 14.2. The third-order valence-corrected chi connectivity index (χ3v) is 8.21. The minimum absolute atomic E-state index is 0.0390. The predicted molar refractivity (Wildman–Crippen MR) is 150 cm³/mol. The zero-order valence-electron chi connectivity index (χ0n) is 23.2. The molecule has 0 saturated heterocycles. The minimum Gasteiger partial charge on any atom is -0.434 e. The maximum Gasteiger partial charge on any atom is 0.420 e. The summed E-state index contributed by atoms with van der Waals surface area (Å²) in [6, 6.07) is 10.5. The van der Waals surface area contributed by atoms with Crippen LogP contribution >= 0.6 is 0 Å². The average Bonchev–Trinajstić information content (AvgIpc) is 3.38. The van der Waals surface area contributed by atoms with E-state index in [1.54, 1.807) is 29.8 Å². The molecule has 5 aromatic rings. The van der Waals surface area contributed by atoms with Crippen LogP contribution in [0.1, 0.15) is 54.8 Å². The van der Waals surface area contributed by atoms with Gasteiger partial charge in [0, 0.05) is 36.8 Å². The highest BCUT2D eigenvalue weighted by molar-refractivity contribution is 5.84. The molecule has 2 N–H and O–H groups in total. The SMILES string of the molecule is Cn1cnnc1-c1cc(F)ccc1-c1cc(-c2nc3cc(CN[C@@H]4CCC[C@@H]4O)cc(C(F)(F)F)c3o2)nc(C2CC2)c1. The van der Waals surface area contributed by atoms with Crippen LogP contribution in [0.25, 0.3) is 45.2 Å². The van der Waals surface area contributed by atoms with Gasteiger partial charge in [-0.05, 0) is 85.2 Å². The van der Waals surface area contributed by atoms with E-state index in [4.69, 9.17) is 9.40 Å². The molecule has 2 fully saturated rings. The summed E-state index contributed by atoms with van der Waals surface area (Å²) in [6.07, 6.45) is 0.509. The molecule has 43 heavy (non-hydrogen) atoms. The summed E-state index contributed by atoms with van der Waals surface area (Å²) in [6.45, 7) is 0.151. The molecule has 12 heteroatoms. The van der Waals surface area contributed by atoms with Gasteiger partial charge < -0.3 is 19.4 Å². The van der Waals surface area contributed by atoms with Gasteiger partial charge in [0.05, 0.1) is 6.10 Å². The van der Waals surface area contributed by atoms with Gasteiger partial charge in [-0.15, -0.1) is 10.2 Å². The maximum absolute atomic E-state index is 14.4. The molecule has 2 aliphatic rings. The number of fused-ring (bicyclic) bond motifs is 1. The lowest BCUT2D eigenvalue weighted by Gasteiger charge is -2.17. The van der Waals surface area contributed by atoms with Gasteiger partial charge in [-0.3, -0.25) is 0 Å². The van der Waals surface area contributed by atoms with Gasteiger partial charge in [0.2, 0.25) is 5.89 Å². The molecule has 0 bridgehead atoms. The van der Waals surface area contributed by atoms with Crippen molar-refractivity contribution in [3.05, 3.63) is 71.4 Å². The Kier molecular flexibility index (Phi) is 6.77. The number of aliphatic hydroxyl groups is 1. The lowest BCUT2D eigenvalue weighted by molar-refractivity contribution is -0.136. The van der Waals surface area contributed by atoms with Crippen LogP contribution < -0.4 is 5.32 Å². The molecule has 0 unspecified atom stereocenters. The number of benzene rings is 2. The number of hydrogen-bond acceptors (Lipinski definition) is 7. The number of halogens is 4. The van der Waals surface area contributed by atoms with Crippen molar-refractivity contribution in [2.45, 2.75) is 62.9 Å². The summed E-state index contributed by atoms with van der Waals surface area (Å²) < 4.78 is 64.5. The number of aliphatic hydroxyl groups excluding tert-OH is 1. The van der Waals surface area contributed by atoms with Crippen molar-refractivity contribution in [1.82, 2.24) is 30.0 Å². The normalized spacial score (nSPS) is 19.0. The number of rotatable bonds is 7. The highest BCUT2D eigenvalue weighted by Crippen LogP contribution is 2.43. The number of nitrogens with zero attached hydrogens (tertiary/aromatic N) is 5. The quantitative estimate of drug-likeness (QED) is 0.211. The van der Waals surface area contributed by atoms with Crippen LogP contribution in [0, 0.1) is 5.82 Å².